The molecule has 0 aromatic heterocycles. The number of nitrogens with zero attached hydrogens (tertiary/aromatic N) is 1. The fraction of sp³-hybridized carbons (Fsp3) is 0.0667. The molecule has 1 aliphatic rings. The summed E-state index contributed by atoms with van der Waals surface area (Å²) < 4.78 is 5.65. The van der Waals surface area contributed by atoms with Crippen LogP contribution in [0, 0.1) is 0 Å². The van der Waals surface area contributed by atoms with Crippen LogP contribution in [-0.2, 0) is 15.1 Å². The van der Waals surface area contributed by atoms with Crippen LogP contribution < -0.4 is 5.43 Å². The van der Waals surface area contributed by atoms with Gasteiger partial charge < -0.3 is 4.74 Å². The van der Waals surface area contributed by atoms with Crippen molar-refractivity contribution < 1.29 is 9.53 Å². The molecule has 94 valence electrons. The Labute approximate surface area is 110 Å². The van der Waals surface area contributed by atoms with Gasteiger partial charge in [0.25, 0.3) is 5.91 Å². The molecule has 0 bridgehead atoms. The topological polar surface area (TPSA) is 50.7 Å². The molecule has 1 heterocycles. The highest BCUT2D eigenvalue weighted by atomic mass is 16.5. The number of rotatable bonds is 2. The van der Waals surface area contributed by atoms with E-state index >= 15 is 0 Å². The van der Waals surface area contributed by atoms with Crippen molar-refractivity contribution >= 4 is 12.3 Å². The van der Waals surface area contributed by atoms with Crippen LogP contribution in [0.25, 0.3) is 0 Å². The second-order valence-corrected chi connectivity index (χ2v) is 4.21. The van der Waals surface area contributed by atoms with Gasteiger partial charge in [-0.1, -0.05) is 60.7 Å². The summed E-state index contributed by atoms with van der Waals surface area (Å²) in [6.07, 6.45) is 1.27. The average molecular weight is 252 g/mol. The first kappa shape index (κ1) is 11.5. The molecule has 0 fully saturated rings. The van der Waals surface area contributed by atoms with Crippen molar-refractivity contribution in [2.45, 2.75) is 5.60 Å². The zero-order chi connectivity index (χ0) is 13.1. The van der Waals surface area contributed by atoms with Crippen LogP contribution in [0.4, 0.5) is 0 Å². The number of hydrogen-bond acceptors (Lipinski definition) is 3. The molecule has 0 spiro atoms. The van der Waals surface area contributed by atoms with Crippen molar-refractivity contribution in [2.75, 3.05) is 0 Å². The van der Waals surface area contributed by atoms with Crippen molar-refractivity contribution in [3.05, 3.63) is 71.8 Å². The molecule has 1 amide bonds. The maximum absolute atomic E-state index is 12.4. The highest BCUT2D eigenvalue weighted by Gasteiger charge is 2.45. The summed E-state index contributed by atoms with van der Waals surface area (Å²) in [5, 5.41) is 3.66. The first-order valence-corrected chi connectivity index (χ1v) is 5.95. The molecule has 3 rings (SSSR count). The van der Waals surface area contributed by atoms with E-state index in [4.69, 9.17) is 4.74 Å². The summed E-state index contributed by atoms with van der Waals surface area (Å²) in [5.41, 5.74) is 2.84. The van der Waals surface area contributed by atoms with Crippen LogP contribution in [0.5, 0.6) is 0 Å². The molecule has 0 radical (unpaired) electrons. The second-order valence-electron chi connectivity index (χ2n) is 4.21. The molecule has 0 saturated carbocycles. The van der Waals surface area contributed by atoms with Gasteiger partial charge in [0.2, 0.25) is 5.60 Å². The Morgan fingerprint density at radius 1 is 0.895 bits per heavy atom. The van der Waals surface area contributed by atoms with E-state index in [1.54, 1.807) is 0 Å². The lowest BCUT2D eigenvalue weighted by Crippen LogP contribution is -2.48. The van der Waals surface area contributed by atoms with Crippen molar-refractivity contribution in [3.63, 3.8) is 0 Å². The maximum Gasteiger partial charge on any atom is 0.293 e. The van der Waals surface area contributed by atoms with E-state index in [0.717, 1.165) is 11.1 Å². The van der Waals surface area contributed by atoms with Gasteiger partial charge in [0.1, 0.15) is 0 Å². The molecule has 1 aliphatic heterocycles. The molecule has 19 heavy (non-hydrogen) atoms. The number of benzene rings is 2. The summed E-state index contributed by atoms with van der Waals surface area (Å²) in [7, 11) is 0. The highest BCUT2D eigenvalue weighted by molar-refractivity contribution is 5.93. The van der Waals surface area contributed by atoms with Crippen molar-refractivity contribution in [1.29, 1.82) is 0 Å². The zero-order valence-corrected chi connectivity index (χ0v) is 10.1. The number of amides is 1. The van der Waals surface area contributed by atoms with Gasteiger partial charge in [0.05, 0.1) is 0 Å². The van der Waals surface area contributed by atoms with Gasteiger partial charge in [-0.05, 0) is 0 Å². The number of ether oxygens (including phenoxy) is 1. The average Bonchev–Trinajstić information content (AvgIpc) is 2.50. The Hall–Kier alpha value is -2.62. The monoisotopic (exact) mass is 252 g/mol. The molecule has 4 heteroatoms. The maximum atomic E-state index is 12.4. The van der Waals surface area contributed by atoms with Gasteiger partial charge in [0, 0.05) is 11.1 Å². The molecule has 0 aliphatic carbocycles. The summed E-state index contributed by atoms with van der Waals surface area (Å²) in [6, 6.07) is 18.8. The quantitative estimate of drug-likeness (QED) is 0.889. The molecule has 2 aromatic rings. The van der Waals surface area contributed by atoms with Crippen molar-refractivity contribution in [1.82, 2.24) is 5.43 Å². The molecular formula is C15H12N2O2. The Bertz CT molecular complexity index is 569. The predicted molar refractivity (Wildman–Crippen MR) is 71.4 cm³/mol. The third-order valence-corrected chi connectivity index (χ3v) is 3.13. The van der Waals surface area contributed by atoms with Crippen LogP contribution >= 0.6 is 0 Å². The molecule has 1 N–H and O–H groups in total. The summed E-state index contributed by atoms with van der Waals surface area (Å²) in [6.45, 7) is 0. The number of hydrogen-bond donors (Lipinski definition) is 1. The van der Waals surface area contributed by atoms with Gasteiger partial charge in [-0.15, -0.1) is 5.10 Å². The molecule has 0 saturated heterocycles. The fourth-order valence-corrected chi connectivity index (χ4v) is 2.23. The lowest BCUT2D eigenvalue weighted by Gasteiger charge is -2.33. The van der Waals surface area contributed by atoms with E-state index in [2.05, 4.69) is 10.5 Å². The Balaban J connectivity index is 2.22. The minimum atomic E-state index is -1.18. The van der Waals surface area contributed by atoms with Crippen LogP contribution in [0.1, 0.15) is 11.1 Å². The van der Waals surface area contributed by atoms with Crippen molar-refractivity contribution in [2.24, 2.45) is 5.10 Å². The molecule has 0 unspecified atom stereocenters. The zero-order valence-electron chi connectivity index (χ0n) is 10.1. The van der Waals surface area contributed by atoms with Gasteiger partial charge in [-0.25, -0.2) is 5.43 Å². The lowest BCUT2D eigenvalue weighted by atomic mass is 9.85. The molecular weight excluding hydrogens is 240 g/mol. The van der Waals surface area contributed by atoms with E-state index in [0.29, 0.717) is 0 Å². The standard InChI is InChI=1S/C15H12N2O2/c18-14-15(19-11-16-17-14,12-7-3-1-4-8-12)13-9-5-2-6-10-13/h1-11H,(H,17,18). The molecule has 0 atom stereocenters. The van der Waals surface area contributed by atoms with Crippen LogP contribution in [0.15, 0.2) is 65.8 Å². The Morgan fingerprint density at radius 2 is 1.42 bits per heavy atom. The molecule has 4 nitrogen and oxygen atoms in total. The largest absolute Gasteiger partial charge is 0.456 e. The lowest BCUT2D eigenvalue weighted by molar-refractivity contribution is -0.136. The van der Waals surface area contributed by atoms with Crippen molar-refractivity contribution in [3.8, 4) is 0 Å². The predicted octanol–water partition coefficient (Wildman–Crippen LogP) is 2.02. The summed E-state index contributed by atoms with van der Waals surface area (Å²) in [4.78, 5) is 12.4. The van der Waals surface area contributed by atoms with E-state index in [1.165, 1.54) is 6.40 Å². The van der Waals surface area contributed by atoms with Gasteiger partial charge >= 0.3 is 0 Å². The first-order valence-electron chi connectivity index (χ1n) is 5.95. The summed E-state index contributed by atoms with van der Waals surface area (Å²) in [5.74, 6) is -0.299. The van der Waals surface area contributed by atoms with Crippen LogP contribution in [-0.4, -0.2) is 12.3 Å². The molecule has 2 aromatic carbocycles. The second kappa shape index (κ2) is 4.57. The third kappa shape index (κ3) is 1.78. The van der Waals surface area contributed by atoms with Gasteiger partial charge in [-0.2, -0.15) is 0 Å². The van der Waals surface area contributed by atoms with Gasteiger partial charge in [0.15, 0.2) is 6.40 Å². The minimum Gasteiger partial charge on any atom is -0.456 e. The van der Waals surface area contributed by atoms with E-state index < -0.39 is 5.60 Å². The SMILES string of the molecule is O=C1NN=COC1(c1ccccc1)c1ccccc1. The van der Waals surface area contributed by atoms with Crippen LogP contribution in [0.3, 0.4) is 0 Å². The fourth-order valence-electron chi connectivity index (χ4n) is 2.23. The third-order valence-electron chi connectivity index (χ3n) is 3.13. The smallest absolute Gasteiger partial charge is 0.293 e. The highest BCUT2D eigenvalue weighted by Crippen LogP contribution is 2.34. The number of hydrazone groups is 1. The van der Waals surface area contributed by atoms with Gasteiger partial charge in [-0.3, -0.25) is 4.79 Å². The number of carbonyl (C=O) groups excluding carboxylic acids is 1. The summed E-state index contributed by atoms with van der Waals surface area (Å²) >= 11 is 0. The van der Waals surface area contributed by atoms with E-state index in [1.807, 2.05) is 60.7 Å². The Morgan fingerprint density at radius 3 is 1.89 bits per heavy atom. The Kier molecular flexibility index (Phi) is 2.76. The van der Waals surface area contributed by atoms with Crippen LogP contribution in [0.2, 0.25) is 0 Å². The number of carbonyl (C=O) groups is 1. The van der Waals surface area contributed by atoms with E-state index in [9.17, 15) is 4.79 Å². The number of nitrogens with one attached hydrogen (secondary N) is 1. The van der Waals surface area contributed by atoms with E-state index in [-0.39, 0.29) is 5.91 Å². The first-order chi connectivity index (χ1) is 9.34. The normalized spacial score (nSPS) is 16.5. The minimum absolute atomic E-state index is 0.299.